The van der Waals surface area contributed by atoms with Crippen LogP contribution in [0.2, 0.25) is 0 Å². The lowest BCUT2D eigenvalue weighted by molar-refractivity contribution is -0.160. The van der Waals surface area contributed by atoms with Gasteiger partial charge in [-0.2, -0.15) is 12.6 Å². The van der Waals surface area contributed by atoms with E-state index in [0.717, 1.165) is 54.4 Å². The molecule has 1 unspecified atom stereocenters. The number of ether oxygens (including phenoxy) is 3. The van der Waals surface area contributed by atoms with E-state index in [1.807, 2.05) is 36.4 Å². The molecule has 9 heteroatoms. The minimum Gasteiger partial charge on any atom is -0.462 e. The smallest absolute Gasteiger partial charge is 0.407 e. The van der Waals surface area contributed by atoms with Crippen LogP contribution in [-0.2, 0) is 28.6 Å². The van der Waals surface area contributed by atoms with Crippen LogP contribution in [0.1, 0.15) is 217 Å². The van der Waals surface area contributed by atoms with Gasteiger partial charge in [0.05, 0.1) is 6.04 Å². The minimum absolute atomic E-state index is 0.0293. The Morgan fingerprint density at radius 1 is 0.548 bits per heavy atom. The molecule has 8 nitrogen and oxygen atoms in total. The first-order chi connectivity index (χ1) is 30.4. The van der Waals surface area contributed by atoms with Gasteiger partial charge in [0.25, 0.3) is 0 Å². The summed E-state index contributed by atoms with van der Waals surface area (Å²) in [5, 5.41) is 2.67. The maximum Gasteiger partial charge on any atom is 0.407 e. The molecule has 0 saturated carbocycles. The van der Waals surface area contributed by atoms with Gasteiger partial charge in [0, 0.05) is 30.9 Å². The van der Waals surface area contributed by atoms with Crippen molar-refractivity contribution in [1.82, 2.24) is 5.32 Å². The van der Waals surface area contributed by atoms with Gasteiger partial charge in [-0.25, -0.2) is 4.79 Å². The number of rotatable bonds is 38. The molecule has 0 spiro atoms. The number of esters is 2. The zero-order valence-corrected chi connectivity index (χ0v) is 39.7. The summed E-state index contributed by atoms with van der Waals surface area (Å²) in [5.41, 5.74) is 4.44. The van der Waals surface area contributed by atoms with Crippen molar-refractivity contribution in [3.8, 4) is 11.1 Å². The number of Topliss-reactive ketones (excluding diaryl/α,β-unsaturated/α-hetero) is 1. The second kappa shape index (κ2) is 34.1. The number of carbonyl (C=O) groups is 4. The third-order valence-corrected chi connectivity index (χ3v) is 12.7. The van der Waals surface area contributed by atoms with Crippen molar-refractivity contribution in [2.24, 2.45) is 0 Å². The number of alkyl carbamates (subject to hydrolysis) is 1. The van der Waals surface area contributed by atoms with Gasteiger partial charge in [-0.15, -0.1) is 0 Å². The first-order valence-corrected chi connectivity index (χ1v) is 25.6. The van der Waals surface area contributed by atoms with E-state index in [4.69, 9.17) is 14.2 Å². The molecule has 0 fully saturated rings. The fourth-order valence-corrected chi connectivity index (χ4v) is 8.88. The van der Waals surface area contributed by atoms with E-state index in [-0.39, 0.29) is 55.9 Å². The molecule has 1 amide bonds. The Labute approximate surface area is 381 Å². The molecule has 3 rings (SSSR count). The van der Waals surface area contributed by atoms with E-state index in [1.165, 1.54) is 128 Å². The largest absolute Gasteiger partial charge is 0.462 e. The second-order valence-electron chi connectivity index (χ2n) is 17.7. The molecule has 2 atom stereocenters. The number of hydrogen-bond acceptors (Lipinski definition) is 8. The summed E-state index contributed by atoms with van der Waals surface area (Å²) < 4.78 is 17.1. The van der Waals surface area contributed by atoms with Crippen molar-refractivity contribution >= 4 is 36.4 Å². The number of benzene rings is 2. The zero-order valence-electron chi connectivity index (χ0n) is 38.8. The molecule has 2 aromatic carbocycles. The highest BCUT2D eigenvalue weighted by atomic mass is 32.1. The molecule has 0 aliphatic heterocycles. The maximum atomic E-state index is 13.6. The fraction of sp³-hybridized carbons (Fsp3) is 0.698. The Kier molecular flexibility index (Phi) is 29.2. The van der Waals surface area contributed by atoms with Crippen molar-refractivity contribution in [3.63, 3.8) is 0 Å². The third-order valence-electron chi connectivity index (χ3n) is 12.3. The molecule has 1 aliphatic rings. The van der Waals surface area contributed by atoms with E-state index in [0.29, 0.717) is 6.42 Å². The summed E-state index contributed by atoms with van der Waals surface area (Å²) in [7, 11) is 0. The average Bonchev–Trinajstić information content (AvgIpc) is 3.60. The molecule has 0 heterocycles. The Morgan fingerprint density at radius 3 is 1.39 bits per heavy atom. The fourth-order valence-electron chi connectivity index (χ4n) is 8.59. The topological polar surface area (TPSA) is 108 Å². The van der Waals surface area contributed by atoms with Gasteiger partial charge in [-0.3, -0.25) is 14.4 Å². The zero-order chi connectivity index (χ0) is 44.5. The predicted molar refractivity (Wildman–Crippen MR) is 257 cm³/mol. The first-order valence-electron chi connectivity index (χ1n) is 25.0. The van der Waals surface area contributed by atoms with E-state index < -0.39 is 24.2 Å². The molecule has 1 aliphatic carbocycles. The number of nitrogens with one attached hydrogen (secondary N) is 1. The van der Waals surface area contributed by atoms with Crippen molar-refractivity contribution in [3.05, 3.63) is 59.7 Å². The SMILES string of the molecule is CCCCCCCCCCCCCCCC(=O)OCC(CC(=O)[C@H](CS)NC(=O)OCC1c2ccccc2-c2ccccc21)OC(=O)CCCCCCCCCCCCCCC. The molecule has 348 valence electrons. The number of fused-ring (bicyclic) bond motifs is 3. The van der Waals surface area contributed by atoms with Crippen molar-refractivity contribution in [1.29, 1.82) is 0 Å². The molecule has 0 bridgehead atoms. The van der Waals surface area contributed by atoms with Crippen LogP contribution in [0.15, 0.2) is 48.5 Å². The third kappa shape index (κ3) is 22.3. The lowest BCUT2D eigenvalue weighted by atomic mass is 9.98. The summed E-state index contributed by atoms with van der Waals surface area (Å²) in [4.78, 5) is 52.4. The summed E-state index contributed by atoms with van der Waals surface area (Å²) >= 11 is 4.36. The van der Waals surface area contributed by atoms with Crippen molar-refractivity contribution in [2.45, 2.75) is 218 Å². The van der Waals surface area contributed by atoms with E-state index in [1.54, 1.807) is 0 Å². The first kappa shape index (κ1) is 53.0. The summed E-state index contributed by atoms with van der Waals surface area (Å²) in [6.45, 7) is 4.41. The van der Waals surface area contributed by atoms with Crippen LogP contribution >= 0.6 is 12.6 Å². The molecule has 0 radical (unpaired) electrons. The van der Waals surface area contributed by atoms with Crippen molar-refractivity contribution < 1.29 is 33.4 Å². The van der Waals surface area contributed by atoms with E-state index >= 15 is 0 Å². The number of amides is 1. The van der Waals surface area contributed by atoms with Crippen LogP contribution in [0.3, 0.4) is 0 Å². The monoisotopic (exact) mass is 878 g/mol. The van der Waals surface area contributed by atoms with Gasteiger partial charge in [0.15, 0.2) is 5.78 Å². The van der Waals surface area contributed by atoms with Gasteiger partial charge in [-0.1, -0.05) is 216 Å². The van der Waals surface area contributed by atoms with E-state index in [2.05, 4.69) is 43.9 Å². The Hall–Kier alpha value is -3.33. The highest BCUT2D eigenvalue weighted by Gasteiger charge is 2.30. The molecular formula is C53H83NO7S. The van der Waals surface area contributed by atoms with Crippen LogP contribution < -0.4 is 5.32 Å². The molecular weight excluding hydrogens is 795 g/mol. The molecule has 1 N–H and O–H groups in total. The average molecular weight is 878 g/mol. The van der Waals surface area contributed by atoms with Gasteiger partial charge >= 0.3 is 18.0 Å². The summed E-state index contributed by atoms with van der Waals surface area (Å²) in [6.07, 6.45) is 30.2. The Balaban J connectivity index is 1.41. The molecule has 2 aromatic rings. The minimum atomic E-state index is -0.974. The van der Waals surface area contributed by atoms with Gasteiger partial charge in [0.2, 0.25) is 0 Å². The highest BCUT2D eigenvalue weighted by molar-refractivity contribution is 7.80. The van der Waals surface area contributed by atoms with Crippen LogP contribution in [0, 0.1) is 0 Å². The quantitative estimate of drug-likeness (QED) is 0.0299. The van der Waals surface area contributed by atoms with Crippen LogP contribution in [-0.4, -0.2) is 54.9 Å². The number of unbranched alkanes of at least 4 members (excludes halogenated alkanes) is 24. The van der Waals surface area contributed by atoms with Crippen LogP contribution in [0.4, 0.5) is 4.79 Å². The van der Waals surface area contributed by atoms with E-state index in [9.17, 15) is 19.2 Å². The predicted octanol–water partition coefficient (Wildman–Crippen LogP) is 14.2. The van der Waals surface area contributed by atoms with Gasteiger partial charge in [0.1, 0.15) is 19.3 Å². The Morgan fingerprint density at radius 2 is 0.952 bits per heavy atom. The number of thiol groups is 1. The lowest BCUT2D eigenvalue weighted by Crippen LogP contribution is -2.44. The van der Waals surface area contributed by atoms with Crippen molar-refractivity contribution in [2.75, 3.05) is 19.0 Å². The standard InChI is InChI=1S/C53H83NO7S/c1-3-5-7-9-11-13-15-17-19-21-23-25-27-37-51(56)59-40-43(61-52(57)38-28-26-24-22-20-18-16-14-12-10-8-6-4-2)39-50(55)49(42-62)54-53(58)60-41-48-46-35-31-29-33-44(46)45-34-30-32-36-47(45)48/h29-36,43,48-49,62H,3-28,37-42H2,1-2H3,(H,54,58)/t43?,49-/m0/s1. The second-order valence-corrected chi connectivity index (χ2v) is 18.0. The number of hydrogen-bond donors (Lipinski definition) is 2. The highest BCUT2D eigenvalue weighted by Crippen LogP contribution is 2.44. The van der Waals surface area contributed by atoms with Crippen LogP contribution in [0.25, 0.3) is 11.1 Å². The maximum absolute atomic E-state index is 13.6. The summed E-state index contributed by atoms with van der Waals surface area (Å²) in [6, 6.07) is 15.2. The number of ketones is 1. The molecule has 0 aromatic heterocycles. The van der Waals surface area contributed by atoms with Crippen LogP contribution in [0.5, 0.6) is 0 Å². The van der Waals surface area contributed by atoms with Gasteiger partial charge in [-0.05, 0) is 35.1 Å². The molecule has 0 saturated heterocycles. The number of carbonyl (C=O) groups excluding carboxylic acids is 4. The molecule has 62 heavy (non-hydrogen) atoms. The van der Waals surface area contributed by atoms with Gasteiger partial charge < -0.3 is 19.5 Å². The lowest BCUT2D eigenvalue weighted by Gasteiger charge is -2.21. The Bertz CT molecular complexity index is 1490. The normalized spacial score (nSPS) is 13.0. The summed E-state index contributed by atoms with van der Waals surface area (Å²) in [5.74, 6) is -1.24.